The van der Waals surface area contributed by atoms with Gasteiger partial charge in [-0.3, -0.25) is 0 Å². The van der Waals surface area contributed by atoms with E-state index in [1.54, 1.807) is 0 Å². The van der Waals surface area contributed by atoms with Crippen LogP contribution in [0.1, 0.15) is 33.3 Å². The molecule has 0 atom stereocenters. The molecule has 0 aliphatic carbocycles. The monoisotopic (exact) mass is 278 g/mol. The van der Waals surface area contributed by atoms with E-state index in [2.05, 4.69) is 82.3 Å². The highest BCUT2D eigenvalue weighted by Gasteiger charge is 2.25. The minimum Gasteiger partial charge on any atom is -0.368 e. The van der Waals surface area contributed by atoms with Crippen LogP contribution in [0.25, 0.3) is 21.5 Å². The molecule has 0 unspecified atom stereocenters. The second kappa shape index (κ2) is 5.16. The van der Waals surface area contributed by atoms with Crippen LogP contribution in [0.5, 0.6) is 0 Å². The molecule has 0 amide bonds. The molecule has 0 fully saturated rings. The van der Waals surface area contributed by atoms with Crippen molar-refractivity contribution >= 4 is 21.5 Å². The summed E-state index contributed by atoms with van der Waals surface area (Å²) in [5.41, 5.74) is 0.947. The topological polar surface area (TPSA) is 9.23 Å². The SMILES string of the molecule is CC(C)OC(C)(C)c1cc2ccccc2c2ccccc12. The summed E-state index contributed by atoms with van der Waals surface area (Å²) in [5.74, 6) is 0. The van der Waals surface area contributed by atoms with E-state index in [1.807, 2.05) is 0 Å². The highest BCUT2D eigenvalue weighted by molar-refractivity contribution is 6.09. The zero-order chi connectivity index (χ0) is 15.0. The van der Waals surface area contributed by atoms with Gasteiger partial charge in [0, 0.05) is 0 Å². The molecule has 0 aliphatic rings. The Morgan fingerprint density at radius 3 is 2.05 bits per heavy atom. The van der Waals surface area contributed by atoms with Crippen LogP contribution in [-0.4, -0.2) is 6.10 Å². The van der Waals surface area contributed by atoms with E-state index in [9.17, 15) is 0 Å². The number of benzene rings is 3. The van der Waals surface area contributed by atoms with E-state index in [1.165, 1.54) is 27.1 Å². The third kappa shape index (κ3) is 2.54. The van der Waals surface area contributed by atoms with Crippen molar-refractivity contribution in [2.45, 2.75) is 39.4 Å². The van der Waals surface area contributed by atoms with Gasteiger partial charge >= 0.3 is 0 Å². The van der Waals surface area contributed by atoms with Gasteiger partial charge in [-0.2, -0.15) is 0 Å². The summed E-state index contributed by atoms with van der Waals surface area (Å²) >= 11 is 0. The number of hydrogen-bond donors (Lipinski definition) is 0. The largest absolute Gasteiger partial charge is 0.368 e. The van der Waals surface area contributed by atoms with E-state index in [4.69, 9.17) is 4.74 Å². The molecule has 0 saturated heterocycles. The molecular formula is C20H22O. The lowest BCUT2D eigenvalue weighted by atomic mass is 9.88. The summed E-state index contributed by atoms with van der Waals surface area (Å²) < 4.78 is 6.18. The smallest absolute Gasteiger partial charge is 0.0884 e. The Kier molecular flexibility index (Phi) is 3.46. The minimum atomic E-state index is -0.308. The molecule has 0 spiro atoms. The van der Waals surface area contributed by atoms with E-state index >= 15 is 0 Å². The summed E-state index contributed by atoms with van der Waals surface area (Å²) in [6.45, 7) is 8.49. The fraction of sp³-hybridized carbons (Fsp3) is 0.300. The number of rotatable bonds is 3. The van der Waals surface area contributed by atoms with Crippen molar-refractivity contribution in [2.24, 2.45) is 0 Å². The number of ether oxygens (including phenoxy) is 1. The van der Waals surface area contributed by atoms with Crippen LogP contribution >= 0.6 is 0 Å². The van der Waals surface area contributed by atoms with Gasteiger partial charge in [0.05, 0.1) is 11.7 Å². The molecule has 1 heteroatoms. The standard InChI is InChI=1S/C20H22O/c1-14(2)21-20(3,4)19-13-15-9-5-6-10-16(15)17-11-7-8-12-18(17)19/h5-14H,1-4H3. The lowest BCUT2D eigenvalue weighted by Crippen LogP contribution is -2.25. The van der Waals surface area contributed by atoms with Crippen LogP contribution in [0.15, 0.2) is 54.6 Å². The van der Waals surface area contributed by atoms with Crippen molar-refractivity contribution < 1.29 is 4.74 Å². The van der Waals surface area contributed by atoms with Crippen molar-refractivity contribution in [2.75, 3.05) is 0 Å². The van der Waals surface area contributed by atoms with Crippen molar-refractivity contribution in [3.63, 3.8) is 0 Å². The van der Waals surface area contributed by atoms with Gasteiger partial charge in [0.15, 0.2) is 0 Å². The summed E-state index contributed by atoms with van der Waals surface area (Å²) in [5, 5.41) is 5.15. The lowest BCUT2D eigenvalue weighted by Gasteiger charge is -2.30. The van der Waals surface area contributed by atoms with Crippen molar-refractivity contribution in [1.29, 1.82) is 0 Å². The van der Waals surface area contributed by atoms with Crippen LogP contribution in [0.4, 0.5) is 0 Å². The Morgan fingerprint density at radius 2 is 1.38 bits per heavy atom. The van der Waals surface area contributed by atoms with Crippen molar-refractivity contribution in [1.82, 2.24) is 0 Å². The molecule has 3 aromatic carbocycles. The summed E-state index contributed by atoms with van der Waals surface area (Å²) in [4.78, 5) is 0. The first kappa shape index (κ1) is 14.1. The third-order valence-corrected chi connectivity index (χ3v) is 3.95. The molecular weight excluding hydrogens is 256 g/mol. The average molecular weight is 278 g/mol. The van der Waals surface area contributed by atoms with Crippen molar-refractivity contribution in [3.8, 4) is 0 Å². The van der Waals surface area contributed by atoms with Gasteiger partial charge in [-0.25, -0.2) is 0 Å². The Morgan fingerprint density at radius 1 is 0.810 bits per heavy atom. The van der Waals surface area contributed by atoms with E-state index < -0.39 is 0 Å². The Labute approximate surface area is 126 Å². The first-order valence-electron chi connectivity index (χ1n) is 7.58. The van der Waals surface area contributed by atoms with Gasteiger partial charge in [0.2, 0.25) is 0 Å². The molecule has 0 saturated carbocycles. The fourth-order valence-corrected chi connectivity index (χ4v) is 3.21. The van der Waals surface area contributed by atoms with E-state index in [0.717, 1.165) is 0 Å². The van der Waals surface area contributed by atoms with Gasteiger partial charge in [-0.15, -0.1) is 0 Å². The predicted octanol–water partition coefficient (Wildman–Crippen LogP) is 5.65. The summed E-state index contributed by atoms with van der Waals surface area (Å²) in [7, 11) is 0. The van der Waals surface area contributed by atoms with Gasteiger partial charge in [-0.05, 0) is 60.9 Å². The highest BCUT2D eigenvalue weighted by atomic mass is 16.5. The quantitative estimate of drug-likeness (QED) is 0.562. The highest BCUT2D eigenvalue weighted by Crippen LogP contribution is 2.36. The second-order valence-electron chi connectivity index (χ2n) is 6.37. The third-order valence-electron chi connectivity index (χ3n) is 3.95. The number of hydrogen-bond acceptors (Lipinski definition) is 1. The predicted molar refractivity (Wildman–Crippen MR) is 90.7 cm³/mol. The molecule has 108 valence electrons. The molecule has 0 N–H and O–H groups in total. The Bertz CT molecular complexity index is 784. The molecule has 21 heavy (non-hydrogen) atoms. The molecule has 3 rings (SSSR count). The van der Waals surface area contributed by atoms with Crippen LogP contribution in [0, 0.1) is 0 Å². The van der Waals surface area contributed by atoms with Crippen LogP contribution in [-0.2, 0) is 10.3 Å². The normalized spacial score (nSPS) is 12.4. The first-order chi connectivity index (χ1) is 9.99. The molecule has 0 heterocycles. The maximum Gasteiger partial charge on any atom is 0.0884 e. The van der Waals surface area contributed by atoms with E-state index in [-0.39, 0.29) is 11.7 Å². The van der Waals surface area contributed by atoms with Crippen LogP contribution in [0.3, 0.4) is 0 Å². The average Bonchev–Trinajstić information content (AvgIpc) is 2.45. The van der Waals surface area contributed by atoms with Crippen molar-refractivity contribution in [3.05, 3.63) is 60.2 Å². The first-order valence-corrected chi connectivity index (χ1v) is 7.58. The van der Waals surface area contributed by atoms with Gasteiger partial charge < -0.3 is 4.74 Å². The molecule has 3 aromatic rings. The molecule has 0 bridgehead atoms. The van der Waals surface area contributed by atoms with Crippen LogP contribution < -0.4 is 0 Å². The second-order valence-corrected chi connectivity index (χ2v) is 6.37. The fourth-order valence-electron chi connectivity index (χ4n) is 3.21. The zero-order valence-corrected chi connectivity index (χ0v) is 13.2. The Hall–Kier alpha value is -1.86. The molecule has 0 radical (unpaired) electrons. The minimum absolute atomic E-state index is 0.199. The lowest BCUT2D eigenvalue weighted by molar-refractivity contribution is -0.0589. The van der Waals surface area contributed by atoms with Gasteiger partial charge in [0.25, 0.3) is 0 Å². The maximum absolute atomic E-state index is 6.18. The maximum atomic E-state index is 6.18. The summed E-state index contributed by atoms with van der Waals surface area (Å²) in [6, 6.07) is 19.5. The van der Waals surface area contributed by atoms with Crippen LogP contribution in [0.2, 0.25) is 0 Å². The molecule has 1 nitrogen and oxygen atoms in total. The zero-order valence-electron chi connectivity index (χ0n) is 13.2. The number of fused-ring (bicyclic) bond motifs is 3. The van der Waals surface area contributed by atoms with Gasteiger partial charge in [-0.1, -0.05) is 48.5 Å². The molecule has 0 aliphatic heterocycles. The Balaban J connectivity index is 2.35. The van der Waals surface area contributed by atoms with E-state index in [0.29, 0.717) is 0 Å². The molecule has 0 aromatic heterocycles. The summed E-state index contributed by atoms with van der Waals surface area (Å²) in [6.07, 6.45) is 0.199. The van der Waals surface area contributed by atoms with Gasteiger partial charge in [0.1, 0.15) is 0 Å².